The Morgan fingerprint density at radius 3 is 2.21 bits per heavy atom. The highest BCUT2D eigenvalue weighted by Gasteiger charge is 2.27. The number of hydrogen-bond acceptors (Lipinski definition) is 5. The summed E-state index contributed by atoms with van der Waals surface area (Å²) < 4.78 is 7.61. The first kappa shape index (κ1) is 23.6. The van der Waals surface area contributed by atoms with Crippen LogP contribution in [0.1, 0.15) is 31.6 Å². The molecule has 1 atom stereocenters. The van der Waals surface area contributed by atoms with Gasteiger partial charge in [-0.1, -0.05) is 72.4 Å². The van der Waals surface area contributed by atoms with Gasteiger partial charge in [0, 0.05) is 17.3 Å². The minimum absolute atomic E-state index is 0.0307. The maximum Gasteiger partial charge on any atom is 0.238 e. The quantitative estimate of drug-likeness (QED) is 0.317. The molecule has 1 amide bonds. The Kier molecular flexibility index (Phi) is 7.65. The molecule has 1 heterocycles. The Hall–Kier alpha value is -3.58. The molecule has 0 radical (unpaired) electrons. The van der Waals surface area contributed by atoms with Crippen LogP contribution in [-0.2, 0) is 4.79 Å². The van der Waals surface area contributed by atoms with E-state index in [1.807, 2.05) is 110 Å². The van der Waals surface area contributed by atoms with Crippen molar-refractivity contribution in [3.63, 3.8) is 0 Å². The minimum atomic E-state index is -0.474. The molecule has 174 valence electrons. The average molecular weight is 473 g/mol. The number of aromatic nitrogens is 3. The Morgan fingerprint density at radius 1 is 0.941 bits per heavy atom. The molecule has 3 aromatic carbocycles. The van der Waals surface area contributed by atoms with Gasteiger partial charge < -0.3 is 10.1 Å². The van der Waals surface area contributed by atoms with Crippen molar-refractivity contribution in [2.24, 2.45) is 0 Å². The summed E-state index contributed by atoms with van der Waals surface area (Å²) in [7, 11) is 0. The molecule has 0 aliphatic rings. The van der Waals surface area contributed by atoms with Crippen molar-refractivity contribution >= 4 is 17.7 Å². The van der Waals surface area contributed by atoms with Crippen LogP contribution in [0.4, 0.5) is 0 Å². The van der Waals surface area contributed by atoms with Crippen molar-refractivity contribution < 1.29 is 9.53 Å². The van der Waals surface area contributed by atoms with Crippen molar-refractivity contribution in [3.05, 3.63) is 90.5 Å². The Labute approximate surface area is 204 Å². The number of amides is 1. The zero-order chi connectivity index (χ0) is 23.9. The van der Waals surface area contributed by atoms with Gasteiger partial charge in [0.1, 0.15) is 11.0 Å². The summed E-state index contributed by atoms with van der Waals surface area (Å²) in [5.74, 6) is 1.45. The van der Waals surface area contributed by atoms with E-state index in [-0.39, 0.29) is 11.9 Å². The summed E-state index contributed by atoms with van der Waals surface area (Å²) in [6.45, 7) is 6.48. The molecule has 0 aliphatic carbocycles. The number of ether oxygens (including phenoxy) is 1. The zero-order valence-corrected chi connectivity index (χ0v) is 20.3. The summed E-state index contributed by atoms with van der Waals surface area (Å²) in [4.78, 5) is 13.2. The topological polar surface area (TPSA) is 69.0 Å². The van der Waals surface area contributed by atoms with Crippen molar-refractivity contribution in [2.75, 3.05) is 6.61 Å². The number of thioether (sulfide) groups is 1. The van der Waals surface area contributed by atoms with Gasteiger partial charge in [0.15, 0.2) is 11.0 Å². The lowest BCUT2D eigenvalue weighted by Crippen LogP contribution is -2.33. The van der Waals surface area contributed by atoms with Crippen LogP contribution >= 0.6 is 11.8 Å². The largest absolute Gasteiger partial charge is 0.494 e. The fourth-order valence-corrected chi connectivity index (χ4v) is 4.64. The Morgan fingerprint density at radius 2 is 1.59 bits per heavy atom. The number of benzene rings is 3. The summed E-state index contributed by atoms with van der Waals surface area (Å²) in [5, 5.41) is 12.2. The van der Waals surface area contributed by atoms with Crippen LogP contribution in [0.25, 0.3) is 17.1 Å². The minimum Gasteiger partial charge on any atom is -0.494 e. The molecule has 34 heavy (non-hydrogen) atoms. The fourth-order valence-electron chi connectivity index (χ4n) is 3.58. The van der Waals surface area contributed by atoms with E-state index in [0.717, 1.165) is 22.6 Å². The van der Waals surface area contributed by atoms with E-state index < -0.39 is 5.25 Å². The second kappa shape index (κ2) is 11.0. The van der Waals surface area contributed by atoms with Gasteiger partial charge in [-0.15, -0.1) is 10.2 Å². The monoisotopic (exact) mass is 472 g/mol. The number of hydrogen-bond donors (Lipinski definition) is 1. The molecule has 4 rings (SSSR count). The molecule has 1 aromatic heterocycles. The highest BCUT2D eigenvalue weighted by Crippen LogP contribution is 2.38. The molecule has 0 spiro atoms. The van der Waals surface area contributed by atoms with Gasteiger partial charge in [-0.3, -0.25) is 9.36 Å². The SMILES string of the molecule is CCOc1ccc(-n2c(SC(C(=O)NC(C)C)c3ccccc3)nnc2-c2ccccc2)cc1. The molecule has 1 N–H and O–H groups in total. The van der Waals surface area contributed by atoms with E-state index >= 15 is 0 Å². The summed E-state index contributed by atoms with van der Waals surface area (Å²) in [5.41, 5.74) is 2.75. The smallest absolute Gasteiger partial charge is 0.238 e. The van der Waals surface area contributed by atoms with E-state index in [4.69, 9.17) is 4.74 Å². The lowest BCUT2D eigenvalue weighted by atomic mass is 10.1. The summed E-state index contributed by atoms with van der Waals surface area (Å²) >= 11 is 1.39. The lowest BCUT2D eigenvalue weighted by Gasteiger charge is -2.19. The molecular weight excluding hydrogens is 444 g/mol. The van der Waals surface area contributed by atoms with E-state index in [9.17, 15) is 4.79 Å². The van der Waals surface area contributed by atoms with Crippen LogP contribution in [-0.4, -0.2) is 33.3 Å². The third-order valence-corrected chi connectivity index (χ3v) is 6.26. The van der Waals surface area contributed by atoms with Gasteiger partial charge in [-0.25, -0.2) is 0 Å². The zero-order valence-electron chi connectivity index (χ0n) is 19.5. The van der Waals surface area contributed by atoms with Crippen LogP contribution in [0, 0.1) is 0 Å². The van der Waals surface area contributed by atoms with Crippen molar-refractivity contribution in [1.82, 2.24) is 20.1 Å². The maximum absolute atomic E-state index is 13.2. The normalized spacial score (nSPS) is 11.9. The van der Waals surface area contributed by atoms with Crippen LogP contribution in [0.3, 0.4) is 0 Å². The van der Waals surface area contributed by atoms with E-state index in [0.29, 0.717) is 17.6 Å². The third-order valence-electron chi connectivity index (χ3n) is 5.07. The molecular formula is C27H28N4O2S. The summed E-state index contributed by atoms with van der Waals surface area (Å²) in [6, 6.07) is 27.6. The molecule has 6 nitrogen and oxygen atoms in total. The molecule has 0 bridgehead atoms. The van der Waals surface area contributed by atoms with Gasteiger partial charge in [0.2, 0.25) is 5.91 Å². The molecule has 0 saturated carbocycles. The molecule has 0 saturated heterocycles. The standard InChI is InChI=1S/C27H28N4O2S/c1-4-33-23-17-15-22(16-18-23)31-25(21-13-9-6-10-14-21)29-30-27(31)34-24(26(32)28-19(2)3)20-11-7-5-8-12-20/h5-19,24H,4H2,1-3H3,(H,28,32). The first-order chi connectivity index (χ1) is 16.6. The second-order valence-electron chi connectivity index (χ2n) is 8.01. The number of carbonyl (C=O) groups excluding carboxylic acids is 1. The van der Waals surface area contributed by atoms with Crippen LogP contribution in [0.5, 0.6) is 5.75 Å². The highest BCUT2D eigenvalue weighted by molar-refractivity contribution is 8.00. The van der Waals surface area contributed by atoms with Crippen LogP contribution < -0.4 is 10.1 Å². The predicted molar refractivity (Wildman–Crippen MR) is 136 cm³/mol. The molecule has 1 unspecified atom stereocenters. The highest BCUT2D eigenvalue weighted by atomic mass is 32.2. The molecule has 0 aliphatic heterocycles. The van der Waals surface area contributed by atoms with Crippen molar-refractivity contribution in [2.45, 2.75) is 37.2 Å². The van der Waals surface area contributed by atoms with Crippen molar-refractivity contribution in [1.29, 1.82) is 0 Å². The van der Waals surface area contributed by atoms with E-state index in [1.165, 1.54) is 11.8 Å². The molecule has 4 aromatic rings. The third kappa shape index (κ3) is 5.48. The number of nitrogens with zero attached hydrogens (tertiary/aromatic N) is 3. The van der Waals surface area contributed by atoms with Crippen LogP contribution in [0.15, 0.2) is 90.1 Å². The van der Waals surface area contributed by atoms with Crippen molar-refractivity contribution in [3.8, 4) is 22.8 Å². The average Bonchev–Trinajstić information content (AvgIpc) is 3.27. The summed E-state index contributed by atoms with van der Waals surface area (Å²) in [6.07, 6.45) is 0. The van der Waals surface area contributed by atoms with E-state index in [1.54, 1.807) is 0 Å². The first-order valence-electron chi connectivity index (χ1n) is 11.3. The van der Waals surface area contributed by atoms with Gasteiger partial charge in [-0.2, -0.15) is 0 Å². The Balaban J connectivity index is 1.78. The number of carbonyl (C=O) groups is 1. The second-order valence-corrected chi connectivity index (χ2v) is 9.08. The Bertz CT molecular complexity index is 1210. The van der Waals surface area contributed by atoms with Gasteiger partial charge in [-0.05, 0) is 50.6 Å². The van der Waals surface area contributed by atoms with Gasteiger partial charge in [0.05, 0.1) is 6.61 Å². The first-order valence-corrected chi connectivity index (χ1v) is 12.2. The number of nitrogens with one attached hydrogen (secondary N) is 1. The van der Waals surface area contributed by atoms with Crippen LogP contribution in [0.2, 0.25) is 0 Å². The maximum atomic E-state index is 13.2. The van der Waals surface area contributed by atoms with Gasteiger partial charge >= 0.3 is 0 Å². The van der Waals surface area contributed by atoms with Gasteiger partial charge in [0.25, 0.3) is 0 Å². The molecule has 7 heteroatoms. The predicted octanol–water partition coefficient (Wildman–Crippen LogP) is 5.69. The fraction of sp³-hybridized carbons (Fsp3) is 0.222. The lowest BCUT2D eigenvalue weighted by molar-refractivity contribution is -0.121. The molecule has 0 fully saturated rings. The number of rotatable bonds is 9. The van der Waals surface area contributed by atoms with E-state index in [2.05, 4.69) is 15.5 Å².